The summed E-state index contributed by atoms with van der Waals surface area (Å²) in [5, 5.41) is 7.54. The van der Waals surface area contributed by atoms with Gasteiger partial charge in [-0.2, -0.15) is 5.10 Å². The molecule has 29 heavy (non-hydrogen) atoms. The molecule has 0 bridgehead atoms. The molecule has 1 aromatic carbocycles. The first-order valence-corrected chi connectivity index (χ1v) is 10.0. The number of amides is 2. The smallest absolute Gasteiger partial charge is 0.410 e. The van der Waals surface area contributed by atoms with Gasteiger partial charge in [0.15, 0.2) is 0 Å². The van der Waals surface area contributed by atoms with Crippen molar-refractivity contribution >= 4 is 12.0 Å². The molecule has 2 amide bonds. The van der Waals surface area contributed by atoms with E-state index in [0.29, 0.717) is 18.7 Å². The maximum Gasteiger partial charge on any atom is 0.410 e. The fourth-order valence-electron chi connectivity index (χ4n) is 3.45. The van der Waals surface area contributed by atoms with E-state index in [1.165, 1.54) is 0 Å². The van der Waals surface area contributed by atoms with E-state index in [2.05, 4.69) is 10.4 Å². The zero-order valence-corrected chi connectivity index (χ0v) is 17.9. The zero-order chi connectivity index (χ0) is 21.2. The van der Waals surface area contributed by atoms with Gasteiger partial charge in [-0.3, -0.25) is 4.79 Å². The van der Waals surface area contributed by atoms with Crippen LogP contribution in [0.15, 0.2) is 30.3 Å². The monoisotopic (exact) mass is 398 g/mol. The number of nitrogens with one attached hydrogen (secondary N) is 1. The molecule has 1 N–H and O–H groups in total. The summed E-state index contributed by atoms with van der Waals surface area (Å²) in [5.74, 6) is -0.0966. The molecule has 1 saturated heterocycles. The number of carbonyl (C=O) groups is 2. The number of hydrogen-bond donors (Lipinski definition) is 1. The first-order valence-electron chi connectivity index (χ1n) is 10.0. The minimum atomic E-state index is -0.498. The normalized spacial score (nSPS) is 15.3. The molecular formula is C22H30N4O3. The molecule has 1 fully saturated rings. The van der Waals surface area contributed by atoms with E-state index in [4.69, 9.17) is 4.74 Å². The molecule has 1 aliphatic heterocycles. The Morgan fingerprint density at radius 3 is 2.24 bits per heavy atom. The molecule has 0 atom stereocenters. The van der Waals surface area contributed by atoms with E-state index in [9.17, 15) is 9.59 Å². The lowest BCUT2D eigenvalue weighted by Gasteiger charge is -2.33. The number of hydrogen-bond acceptors (Lipinski definition) is 4. The third kappa shape index (κ3) is 5.37. The van der Waals surface area contributed by atoms with Crippen LogP contribution in [0.4, 0.5) is 4.79 Å². The molecule has 3 rings (SSSR count). The van der Waals surface area contributed by atoms with Crippen LogP contribution in [0.2, 0.25) is 0 Å². The summed E-state index contributed by atoms with van der Waals surface area (Å²) >= 11 is 0. The Bertz CT molecular complexity index is 872. The minimum Gasteiger partial charge on any atom is -0.444 e. The molecule has 2 aromatic rings. The average molecular weight is 399 g/mol. The van der Waals surface area contributed by atoms with Crippen LogP contribution in [0.5, 0.6) is 0 Å². The lowest BCUT2D eigenvalue weighted by molar-refractivity contribution is 0.0199. The maximum atomic E-state index is 12.6. The van der Waals surface area contributed by atoms with Gasteiger partial charge in [0.2, 0.25) is 0 Å². The largest absolute Gasteiger partial charge is 0.444 e. The second kappa shape index (κ2) is 8.27. The van der Waals surface area contributed by atoms with E-state index in [1.807, 2.05) is 69.6 Å². The highest BCUT2D eigenvalue weighted by Gasteiger charge is 2.27. The van der Waals surface area contributed by atoms with Gasteiger partial charge in [0.05, 0.1) is 11.4 Å². The SMILES string of the molecule is Cc1cc(C)n(-c2ccc(C(=O)NC3CCN(C(=O)OC(C)(C)C)CC3)cc2)n1. The van der Waals surface area contributed by atoms with Crippen LogP contribution in [-0.2, 0) is 4.74 Å². The summed E-state index contributed by atoms with van der Waals surface area (Å²) in [6.07, 6.45) is 1.14. The Labute approximate surface area is 172 Å². The number of likely N-dealkylation sites (tertiary alicyclic amines) is 1. The van der Waals surface area contributed by atoms with Crippen molar-refractivity contribution in [2.24, 2.45) is 0 Å². The van der Waals surface area contributed by atoms with Crippen LogP contribution >= 0.6 is 0 Å². The Morgan fingerprint density at radius 1 is 1.10 bits per heavy atom. The number of carbonyl (C=O) groups excluding carboxylic acids is 2. The van der Waals surface area contributed by atoms with Crippen LogP contribution in [-0.4, -0.2) is 51.4 Å². The van der Waals surface area contributed by atoms with Crippen molar-refractivity contribution in [2.45, 2.75) is 59.1 Å². The molecule has 7 heteroatoms. The predicted octanol–water partition coefficient (Wildman–Crippen LogP) is 3.62. The highest BCUT2D eigenvalue weighted by Crippen LogP contribution is 2.17. The molecule has 0 aliphatic carbocycles. The van der Waals surface area contributed by atoms with Crippen molar-refractivity contribution in [1.82, 2.24) is 20.0 Å². The summed E-state index contributed by atoms with van der Waals surface area (Å²) in [6, 6.07) is 9.51. The summed E-state index contributed by atoms with van der Waals surface area (Å²) < 4.78 is 7.28. The maximum absolute atomic E-state index is 12.6. The topological polar surface area (TPSA) is 76.5 Å². The van der Waals surface area contributed by atoms with Crippen LogP contribution < -0.4 is 5.32 Å². The van der Waals surface area contributed by atoms with Gasteiger partial charge in [-0.15, -0.1) is 0 Å². The number of rotatable bonds is 3. The van der Waals surface area contributed by atoms with Gasteiger partial charge in [-0.25, -0.2) is 9.48 Å². The van der Waals surface area contributed by atoms with Gasteiger partial charge in [0, 0.05) is 30.4 Å². The predicted molar refractivity (Wildman–Crippen MR) is 111 cm³/mol. The Morgan fingerprint density at radius 2 is 1.72 bits per heavy atom. The van der Waals surface area contributed by atoms with E-state index >= 15 is 0 Å². The van der Waals surface area contributed by atoms with Gasteiger partial charge in [0.1, 0.15) is 5.60 Å². The molecule has 1 aliphatic rings. The summed E-state index contributed by atoms with van der Waals surface area (Å²) in [6.45, 7) is 10.7. The Hall–Kier alpha value is -2.83. The lowest BCUT2D eigenvalue weighted by atomic mass is 10.0. The number of benzene rings is 1. The first kappa shape index (κ1) is 20.9. The average Bonchev–Trinajstić information content (AvgIpc) is 2.99. The second-order valence-electron chi connectivity index (χ2n) is 8.60. The van der Waals surface area contributed by atoms with E-state index in [-0.39, 0.29) is 18.0 Å². The van der Waals surface area contributed by atoms with Crippen LogP contribution in [0.3, 0.4) is 0 Å². The van der Waals surface area contributed by atoms with E-state index < -0.39 is 5.60 Å². The number of nitrogens with zero attached hydrogens (tertiary/aromatic N) is 3. The van der Waals surface area contributed by atoms with E-state index in [1.54, 1.807) is 4.90 Å². The van der Waals surface area contributed by atoms with Crippen molar-refractivity contribution in [3.63, 3.8) is 0 Å². The van der Waals surface area contributed by atoms with Gasteiger partial charge in [0.25, 0.3) is 5.91 Å². The molecule has 0 radical (unpaired) electrons. The molecule has 2 heterocycles. The summed E-state index contributed by atoms with van der Waals surface area (Å²) in [7, 11) is 0. The second-order valence-corrected chi connectivity index (χ2v) is 8.60. The lowest BCUT2D eigenvalue weighted by Crippen LogP contribution is -2.47. The Kier molecular flexibility index (Phi) is 5.96. The van der Waals surface area contributed by atoms with Gasteiger partial charge < -0.3 is 15.0 Å². The van der Waals surface area contributed by atoms with Crippen molar-refractivity contribution in [3.8, 4) is 5.69 Å². The third-order valence-corrected chi connectivity index (χ3v) is 4.87. The van der Waals surface area contributed by atoms with Gasteiger partial charge in [-0.1, -0.05) is 0 Å². The summed E-state index contributed by atoms with van der Waals surface area (Å²) in [5.41, 5.74) is 3.06. The highest BCUT2D eigenvalue weighted by molar-refractivity contribution is 5.94. The standard InChI is InChI=1S/C22H30N4O3/c1-15-14-16(2)26(24-15)19-8-6-17(7-9-19)20(27)23-18-10-12-25(13-11-18)21(28)29-22(3,4)5/h6-9,14,18H,10-13H2,1-5H3,(H,23,27). The quantitative estimate of drug-likeness (QED) is 0.857. The van der Waals surface area contributed by atoms with Crippen molar-refractivity contribution in [3.05, 3.63) is 47.3 Å². The number of aromatic nitrogens is 2. The van der Waals surface area contributed by atoms with Crippen LogP contribution in [0.1, 0.15) is 55.4 Å². The zero-order valence-electron chi connectivity index (χ0n) is 17.9. The minimum absolute atomic E-state index is 0.0527. The number of piperidine rings is 1. The molecule has 0 spiro atoms. The highest BCUT2D eigenvalue weighted by atomic mass is 16.6. The number of ether oxygens (including phenoxy) is 1. The first-order chi connectivity index (χ1) is 13.6. The molecule has 156 valence electrons. The molecule has 1 aromatic heterocycles. The Balaban J connectivity index is 1.53. The molecule has 7 nitrogen and oxygen atoms in total. The molecule has 0 saturated carbocycles. The van der Waals surface area contributed by atoms with Gasteiger partial charge >= 0.3 is 6.09 Å². The molecular weight excluding hydrogens is 368 g/mol. The van der Waals surface area contributed by atoms with Gasteiger partial charge in [-0.05, 0) is 77.8 Å². The van der Waals surface area contributed by atoms with Crippen molar-refractivity contribution in [1.29, 1.82) is 0 Å². The van der Waals surface area contributed by atoms with Crippen LogP contribution in [0, 0.1) is 13.8 Å². The fraction of sp³-hybridized carbons (Fsp3) is 0.500. The summed E-state index contributed by atoms with van der Waals surface area (Å²) in [4.78, 5) is 26.4. The molecule has 0 unspecified atom stereocenters. The van der Waals surface area contributed by atoms with Crippen LogP contribution in [0.25, 0.3) is 5.69 Å². The van der Waals surface area contributed by atoms with E-state index in [0.717, 1.165) is 29.9 Å². The number of aryl methyl sites for hydroxylation is 2. The third-order valence-electron chi connectivity index (χ3n) is 4.87. The van der Waals surface area contributed by atoms with Crippen molar-refractivity contribution < 1.29 is 14.3 Å². The fourth-order valence-corrected chi connectivity index (χ4v) is 3.45. The van der Waals surface area contributed by atoms with Crippen molar-refractivity contribution in [2.75, 3.05) is 13.1 Å².